The monoisotopic (exact) mass is 289 g/mol. The van der Waals surface area contributed by atoms with Crippen molar-refractivity contribution in [2.45, 2.75) is 52.0 Å². The summed E-state index contributed by atoms with van der Waals surface area (Å²) in [4.78, 5) is 0. The molecule has 4 heteroatoms. The summed E-state index contributed by atoms with van der Waals surface area (Å²) in [7, 11) is 2.04. The van der Waals surface area contributed by atoms with Gasteiger partial charge in [-0.2, -0.15) is 5.10 Å². The van der Waals surface area contributed by atoms with Crippen molar-refractivity contribution >= 4 is 0 Å². The fraction of sp³-hybridized carbons (Fsp3) is 0.588. The third kappa shape index (κ3) is 4.74. The summed E-state index contributed by atoms with van der Waals surface area (Å²) in [5.41, 5.74) is 2.48. The molecule has 2 heterocycles. The van der Waals surface area contributed by atoms with Gasteiger partial charge in [0.05, 0.1) is 12.0 Å². The van der Waals surface area contributed by atoms with Crippen LogP contribution in [0.2, 0.25) is 0 Å². The van der Waals surface area contributed by atoms with Crippen LogP contribution in [0, 0.1) is 0 Å². The fourth-order valence-electron chi connectivity index (χ4n) is 2.58. The van der Waals surface area contributed by atoms with Crippen LogP contribution in [0.3, 0.4) is 0 Å². The maximum Gasteiger partial charge on any atom is 0.103 e. The predicted octanol–water partition coefficient (Wildman–Crippen LogP) is 3.12. The number of aryl methyl sites for hydroxylation is 3. The van der Waals surface area contributed by atoms with Gasteiger partial charge < -0.3 is 9.73 Å². The van der Waals surface area contributed by atoms with Gasteiger partial charge in [0, 0.05) is 31.6 Å². The lowest BCUT2D eigenvalue weighted by atomic mass is 10.0. The molecule has 0 aliphatic carbocycles. The molecule has 0 fully saturated rings. The minimum absolute atomic E-state index is 0.468. The summed E-state index contributed by atoms with van der Waals surface area (Å²) in [5, 5.41) is 8.19. The van der Waals surface area contributed by atoms with Gasteiger partial charge in [-0.25, -0.2) is 0 Å². The van der Waals surface area contributed by atoms with Crippen molar-refractivity contribution < 1.29 is 4.42 Å². The summed E-state index contributed by atoms with van der Waals surface area (Å²) < 4.78 is 7.46. The lowest BCUT2D eigenvalue weighted by Crippen LogP contribution is -2.33. The van der Waals surface area contributed by atoms with E-state index in [2.05, 4.69) is 36.4 Å². The van der Waals surface area contributed by atoms with Crippen molar-refractivity contribution in [1.82, 2.24) is 15.1 Å². The lowest BCUT2D eigenvalue weighted by molar-refractivity contribution is 0.435. The first-order valence-electron chi connectivity index (χ1n) is 8.00. The number of hydrogen-bond acceptors (Lipinski definition) is 3. The zero-order valence-corrected chi connectivity index (χ0v) is 13.4. The lowest BCUT2D eigenvalue weighted by Gasteiger charge is -2.18. The van der Waals surface area contributed by atoms with Crippen molar-refractivity contribution in [2.75, 3.05) is 6.54 Å². The molecule has 116 valence electrons. The molecule has 2 rings (SSSR count). The van der Waals surface area contributed by atoms with Crippen molar-refractivity contribution in [3.63, 3.8) is 0 Å². The molecule has 0 aliphatic heterocycles. The molecular formula is C17H27N3O. The van der Waals surface area contributed by atoms with Gasteiger partial charge in [0.25, 0.3) is 0 Å². The van der Waals surface area contributed by atoms with E-state index in [1.165, 1.54) is 11.4 Å². The molecule has 4 nitrogen and oxygen atoms in total. The maximum atomic E-state index is 5.44. The van der Waals surface area contributed by atoms with E-state index in [1.54, 1.807) is 6.26 Å². The second kappa shape index (κ2) is 8.03. The molecule has 0 saturated carbocycles. The number of rotatable bonds is 9. The highest BCUT2D eigenvalue weighted by Crippen LogP contribution is 2.12. The Kier molecular flexibility index (Phi) is 6.05. The van der Waals surface area contributed by atoms with Crippen molar-refractivity contribution in [3.05, 3.63) is 41.6 Å². The van der Waals surface area contributed by atoms with Crippen LogP contribution in [-0.4, -0.2) is 22.4 Å². The fourth-order valence-corrected chi connectivity index (χ4v) is 2.58. The van der Waals surface area contributed by atoms with Gasteiger partial charge in [-0.15, -0.1) is 0 Å². The van der Waals surface area contributed by atoms with Gasteiger partial charge in [-0.1, -0.05) is 13.8 Å². The van der Waals surface area contributed by atoms with Crippen molar-refractivity contribution in [1.29, 1.82) is 0 Å². The Labute approximate surface area is 127 Å². The molecule has 0 spiro atoms. The molecule has 0 bridgehead atoms. The van der Waals surface area contributed by atoms with E-state index in [0.29, 0.717) is 6.04 Å². The minimum atomic E-state index is 0.468. The summed E-state index contributed by atoms with van der Waals surface area (Å²) in [6, 6.07) is 6.71. The van der Waals surface area contributed by atoms with Crippen molar-refractivity contribution in [2.24, 2.45) is 7.05 Å². The largest absolute Gasteiger partial charge is 0.469 e. The number of nitrogens with zero attached hydrogens (tertiary/aromatic N) is 2. The highest BCUT2D eigenvalue weighted by Gasteiger charge is 2.13. The number of aromatic nitrogens is 2. The van der Waals surface area contributed by atoms with E-state index < -0.39 is 0 Å². The molecule has 2 aromatic heterocycles. The summed E-state index contributed by atoms with van der Waals surface area (Å²) in [6.07, 6.45) is 6.98. The van der Waals surface area contributed by atoms with E-state index in [-0.39, 0.29) is 0 Å². The quantitative estimate of drug-likeness (QED) is 0.771. The number of furan rings is 1. The van der Waals surface area contributed by atoms with Gasteiger partial charge >= 0.3 is 0 Å². The molecule has 1 atom stereocenters. The molecule has 0 aliphatic rings. The van der Waals surface area contributed by atoms with Gasteiger partial charge in [-0.3, -0.25) is 4.68 Å². The van der Waals surface area contributed by atoms with Gasteiger partial charge in [0.2, 0.25) is 0 Å². The standard InChI is InChI=1S/C17H27N3O/c1-4-10-18-15(8-9-17-7-6-11-21-17)13-16-12-14(5-2)19-20(16)3/h6-7,11-12,15,18H,4-5,8-10,13H2,1-3H3. The Hall–Kier alpha value is -1.55. The predicted molar refractivity (Wildman–Crippen MR) is 85.4 cm³/mol. The highest BCUT2D eigenvalue weighted by atomic mass is 16.3. The molecule has 21 heavy (non-hydrogen) atoms. The summed E-state index contributed by atoms with van der Waals surface area (Å²) in [6.45, 7) is 5.41. The Balaban J connectivity index is 1.95. The number of nitrogens with one attached hydrogen (secondary N) is 1. The minimum Gasteiger partial charge on any atom is -0.469 e. The molecule has 0 amide bonds. The zero-order chi connectivity index (χ0) is 15.1. The van der Waals surface area contributed by atoms with Crippen LogP contribution in [0.25, 0.3) is 0 Å². The van der Waals surface area contributed by atoms with Crippen LogP contribution in [0.1, 0.15) is 43.8 Å². The molecule has 0 saturated heterocycles. The Bertz CT molecular complexity index is 516. The van der Waals surface area contributed by atoms with Gasteiger partial charge in [-0.05, 0) is 44.0 Å². The Morgan fingerprint density at radius 1 is 1.38 bits per heavy atom. The van der Waals surface area contributed by atoms with Gasteiger partial charge in [0.15, 0.2) is 0 Å². The highest BCUT2D eigenvalue weighted by molar-refractivity contribution is 5.12. The van der Waals surface area contributed by atoms with E-state index in [4.69, 9.17) is 4.42 Å². The molecule has 2 aromatic rings. The first-order chi connectivity index (χ1) is 10.2. The average Bonchev–Trinajstić information content (AvgIpc) is 3.12. The molecule has 1 N–H and O–H groups in total. The molecule has 0 aromatic carbocycles. The van der Waals surface area contributed by atoms with E-state index in [9.17, 15) is 0 Å². The van der Waals surface area contributed by atoms with Crippen molar-refractivity contribution in [3.8, 4) is 0 Å². The van der Waals surface area contributed by atoms with E-state index in [0.717, 1.165) is 44.4 Å². The third-order valence-corrected chi connectivity index (χ3v) is 3.85. The average molecular weight is 289 g/mol. The second-order valence-electron chi connectivity index (χ2n) is 5.58. The van der Waals surface area contributed by atoms with Gasteiger partial charge in [0.1, 0.15) is 5.76 Å². The third-order valence-electron chi connectivity index (χ3n) is 3.85. The van der Waals surface area contributed by atoms with E-state index >= 15 is 0 Å². The van der Waals surface area contributed by atoms with Crippen LogP contribution in [-0.2, 0) is 26.3 Å². The first-order valence-corrected chi connectivity index (χ1v) is 8.00. The molecule has 1 unspecified atom stereocenters. The second-order valence-corrected chi connectivity index (χ2v) is 5.58. The van der Waals surface area contributed by atoms with Crippen LogP contribution in [0.4, 0.5) is 0 Å². The SMILES string of the molecule is CCCNC(CCc1ccco1)Cc1cc(CC)nn1C. The normalized spacial score (nSPS) is 12.7. The van der Waals surface area contributed by atoms with Crippen LogP contribution < -0.4 is 5.32 Å². The van der Waals surface area contributed by atoms with Crippen LogP contribution in [0.15, 0.2) is 28.9 Å². The summed E-state index contributed by atoms with van der Waals surface area (Å²) >= 11 is 0. The Morgan fingerprint density at radius 3 is 2.86 bits per heavy atom. The number of hydrogen-bond donors (Lipinski definition) is 1. The zero-order valence-electron chi connectivity index (χ0n) is 13.4. The molecular weight excluding hydrogens is 262 g/mol. The first kappa shape index (κ1) is 15.8. The summed E-state index contributed by atoms with van der Waals surface area (Å²) in [5.74, 6) is 1.07. The topological polar surface area (TPSA) is 43.0 Å². The maximum absolute atomic E-state index is 5.44. The molecule has 0 radical (unpaired) electrons. The van der Waals surface area contributed by atoms with Crippen LogP contribution >= 0.6 is 0 Å². The Morgan fingerprint density at radius 2 is 2.24 bits per heavy atom. The van der Waals surface area contributed by atoms with E-state index in [1.807, 2.05) is 17.8 Å². The smallest absolute Gasteiger partial charge is 0.103 e. The van der Waals surface area contributed by atoms with Crippen LogP contribution in [0.5, 0.6) is 0 Å².